The molecule has 2 aliphatic heterocycles. The maximum atomic E-state index is 13.3. The lowest BCUT2D eigenvalue weighted by molar-refractivity contribution is 0.0759. The lowest BCUT2D eigenvalue weighted by Crippen LogP contribution is -2.31. The topological polar surface area (TPSA) is 149 Å². The minimum atomic E-state index is -0.516. The highest BCUT2D eigenvalue weighted by Crippen LogP contribution is 2.36. The molecule has 2 fully saturated rings. The fourth-order valence-electron chi connectivity index (χ4n) is 4.82. The Balaban J connectivity index is 1.33. The van der Waals surface area contributed by atoms with Crippen molar-refractivity contribution in [2.45, 2.75) is 38.3 Å². The van der Waals surface area contributed by atoms with E-state index in [1.807, 2.05) is 42.2 Å². The van der Waals surface area contributed by atoms with Crippen LogP contribution in [0.3, 0.4) is 0 Å². The number of aromatic nitrogens is 6. The minimum absolute atomic E-state index is 0.135. The second-order valence-corrected chi connectivity index (χ2v) is 9.37. The van der Waals surface area contributed by atoms with E-state index >= 15 is 0 Å². The van der Waals surface area contributed by atoms with Gasteiger partial charge < -0.3 is 24.7 Å². The van der Waals surface area contributed by atoms with E-state index in [-0.39, 0.29) is 17.6 Å². The van der Waals surface area contributed by atoms with Crippen LogP contribution in [0.4, 0.5) is 17.6 Å². The number of aromatic amines is 1. The zero-order chi connectivity index (χ0) is 25.4. The number of β-amino-alcohol motifs (C(OH)–C–C–N with tert-alkyl or cyclic N) is 1. The van der Waals surface area contributed by atoms with E-state index in [2.05, 4.69) is 30.6 Å². The Kier molecular flexibility index (Phi) is 6.01. The van der Waals surface area contributed by atoms with Crippen LogP contribution in [0.25, 0.3) is 11.4 Å². The van der Waals surface area contributed by atoms with Crippen LogP contribution in [0.1, 0.15) is 47.2 Å². The highest BCUT2D eigenvalue weighted by atomic mass is 16.5. The summed E-state index contributed by atoms with van der Waals surface area (Å²) in [6, 6.07) is 10.9. The molecule has 2 saturated heterocycles. The standard InChI is InChI=1S/C25H27N9O3/c1-15-11-23(31-30-15)28-22-13-19(24(36)33-10-7-16(35)14-33)27-25(29-22)34-9-4-6-20(34)21-12-18(32-37-21)17-5-2-3-8-26-17/h2-3,5,8,11-13,16,20,35H,4,6-7,9-10,14H2,1H3,(H2,27,28,29,30,31)/t16-,20?/m1/s1. The quantitative estimate of drug-likeness (QED) is 0.360. The molecule has 190 valence electrons. The lowest BCUT2D eigenvalue weighted by Gasteiger charge is -2.24. The largest absolute Gasteiger partial charge is 0.391 e. The maximum Gasteiger partial charge on any atom is 0.272 e. The Morgan fingerprint density at radius 3 is 2.81 bits per heavy atom. The summed E-state index contributed by atoms with van der Waals surface area (Å²) in [5, 5.41) is 24.5. The van der Waals surface area contributed by atoms with Crippen LogP contribution in [0.15, 0.2) is 47.1 Å². The Morgan fingerprint density at radius 2 is 2.05 bits per heavy atom. The fourth-order valence-corrected chi connectivity index (χ4v) is 4.82. The Bertz CT molecular complexity index is 1400. The number of nitrogens with one attached hydrogen (secondary N) is 2. The van der Waals surface area contributed by atoms with Crippen molar-refractivity contribution in [1.82, 2.24) is 35.2 Å². The van der Waals surface area contributed by atoms with E-state index in [4.69, 9.17) is 9.51 Å². The van der Waals surface area contributed by atoms with Crippen LogP contribution in [0, 0.1) is 6.92 Å². The Morgan fingerprint density at radius 1 is 1.14 bits per heavy atom. The van der Waals surface area contributed by atoms with Crippen molar-refractivity contribution in [1.29, 1.82) is 0 Å². The second-order valence-electron chi connectivity index (χ2n) is 9.37. The summed E-state index contributed by atoms with van der Waals surface area (Å²) < 4.78 is 5.73. The predicted molar refractivity (Wildman–Crippen MR) is 134 cm³/mol. The van der Waals surface area contributed by atoms with Gasteiger partial charge >= 0.3 is 0 Å². The van der Waals surface area contributed by atoms with Crippen LogP contribution in [0.5, 0.6) is 0 Å². The van der Waals surface area contributed by atoms with Gasteiger partial charge in [0.05, 0.1) is 17.8 Å². The first kappa shape index (κ1) is 23.1. The van der Waals surface area contributed by atoms with Crippen molar-refractivity contribution in [3.8, 4) is 11.4 Å². The average molecular weight is 502 g/mol. The maximum absolute atomic E-state index is 13.3. The number of hydrogen-bond donors (Lipinski definition) is 3. The molecule has 0 spiro atoms. The van der Waals surface area contributed by atoms with E-state index in [1.54, 1.807) is 17.2 Å². The number of rotatable bonds is 6. The molecule has 4 aromatic rings. The molecule has 0 aliphatic carbocycles. The molecule has 1 amide bonds. The first-order chi connectivity index (χ1) is 18.0. The number of likely N-dealkylation sites (tertiary alicyclic amines) is 1. The summed E-state index contributed by atoms with van der Waals surface area (Å²) in [4.78, 5) is 30.7. The third-order valence-corrected chi connectivity index (χ3v) is 6.64. The van der Waals surface area contributed by atoms with Gasteiger partial charge in [-0.05, 0) is 38.3 Å². The molecule has 6 rings (SSSR count). The Hall–Kier alpha value is -4.32. The molecule has 4 aromatic heterocycles. The number of aliphatic hydroxyl groups is 1. The van der Waals surface area contributed by atoms with E-state index < -0.39 is 6.10 Å². The zero-order valence-electron chi connectivity index (χ0n) is 20.3. The summed E-state index contributed by atoms with van der Waals surface area (Å²) in [6.45, 7) is 3.38. The van der Waals surface area contributed by atoms with Gasteiger partial charge in [-0.15, -0.1) is 0 Å². The third-order valence-electron chi connectivity index (χ3n) is 6.64. The molecular weight excluding hydrogens is 474 g/mol. The molecule has 3 N–H and O–H groups in total. The highest BCUT2D eigenvalue weighted by Gasteiger charge is 2.33. The summed E-state index contributed by atoms with van der Waals surface area (Å²) in [6.07, 6.45) is 3.50. The van der Waals surface area contributed by atoms with Crippen molar-refractivity contribution < 1.29 is 14.4 Å². The van der Waals surface area contributed by atoms with Crippen molar-refractivity contribution in [2.75, 3.05) is 29.9 Å². The predicted octanol–water partition coefficient (Wildman–Crippen LogP) is 2.85. The van der Waals surface area contributed by atoms with Crippen molar-refractivity contribution in [3.05, 3.63) is 59.7 Å². The summed E-state index contributed by atoms with van der Waals surface area (Å²) >= 11 is 0. The average Bonchev–Trinajstić information content (AvgIpc) is 3.71. The number of carbonyl (C=O) groups is 1. The van der Waals surface area contributed by atoms with Crippen molar-refractivity contribution in [2.24, 2.45) is 0 Å². The number of nitrogens with zero attached hydrogens (tertiary/aromatic N) is 7. The number of hydrogen-bond acceptors (Lipinski definition) is 10. The molecule has 2 atom stereocenters. The molecule has 1 unspecified atom stereocenters. The SMILES string of the molecule is Cc1cc(Nc2cc(C(=O)N3CC[C@@H](O)C3)nc(N3CCCC3c3cc(-c4ccccn4)no3)n2)n[nH]1. The lowest BCUT2D eigenvalue weighted by atomic mass is 10.1. The monoisotopic (exact) mass is 501 g/mol. The van der Waals surface area contributed by atoms with Gasteiger partial charge in [0.1, 0.15) is 17.2 Å². The minimum Gasteiger partial charge on any atom is -0.391 e. The molecule has 0 aromatic carbocycles. The number of H-pyrrole nitrogens is 1. The molecular formula is C25H27N9O3. The molecule has 12 nitrogen and oxygen atoms in total. The van der Waals surface area contributed by atoms with Gasteiger partial charge in [-0.3, -0.25) is 14.9 Å². The number of anilines is 3. The van der Waals surface area contributed by atoms with E-state index in [0.717, 1.165) is 24.2 Å². The Labute approximate surface area is 212 Å². The number of carbonyl (C=O) groups excluding carboxylic acids is 1. The molecule has 0 saturated carbocycles. The van der Waals surface area contributed by atoms with E-state index in [9.17, 15) is 9.90 Å². The molecule has 12 heteroatoms. The summed E-state index contributed by atoms with van der Waals surface area (Å²) in [7, 11) is 0. The summed E-state index contributed by atoms with van der Waals surface area (Å²) in [5.74, 6) is 1.91. The van der Waals surface area contributed by atoms with Crippen molar-refractivity contribution >= 4 is 23.5 Å². The van der Waals surface area contributed by atoms with Crippen LogP contribution in [-0.2, 0) is 0 Å². The van der Waals surface area contributed by atoms with Crippen LogP contribution in [0.2, 0.25) is 0 Å². The normalized spacial score (nSPS) is 19.5. The second kappa shape index (κ2) is 9.62. The van der Waals surface area contributed by atoms with Gasteiger partial charge in [0.25, 0.3) is 5.91 Å². The van der Waals surface area contributed by atoms with E-state index in [1.165, 1.54) is 0 Å². The van der Waals surface area contributed by atoms with Gasteiger partial charge in [-0.2, -0.15) is 10.1 Å². The van der Waals surface area contributed by atoms with Gasteiger partial charge in [-0.1, -0.05) is 11.2 Å². The van der Waals surface area contributed by atoms with Crippen LogP contribution < -0.4 is 10.2 Å². The van der Waals surface area contributed by atoms with Gasteiger partial charge in [-0.25, -0.2) is 4.98 Å². The first-order valence-corrected chi connectivity index (χ1v) is 12.3. The number of aryl methyl sites for hydroxylation is 1. The highest BCUT2D eigenvalue weighted by molar-refractivity contribution is 5.93. The van der Waals surface area contributed by atoms with Crippen LogP contribution >= 0.6 is 0 Å². The molecule has 0 bridgehead atoms. The van der Waals surface area contributed by atoms with Crippen LogP contribution in [-0.4, -0.2) is 72.0 Å². The molecule has 0 radical (unpaired) electrons. The smallest absolute Gasteiger partial charge is 0.272 e. The fraction of sp³-hybridized carbons (Fsp3) is 0.360. The molecule has 2 aliphatic rings. The van der Waals surface area contributed by atoms with E-state index in [0.29, 0.717) is 55.1 Å². The molecule has 37 heavy (non-hydrogen) atoms. The first-order valence-electron chi connectivity index (χ1n) is 12.3. The van der Waals surface area contributed by atoms with Crippen molar-refractivity contribution in [3.63, 3.8) is 0 Å². The number of pyridine rings is 1. The summed E-state index contributed by atoms with van der Waals surface area (Å²) in [5.41, 5.74) is 2.55. The van der Waals surface area contributed by atoms with Gasteiger partial charge in [0.15, 0.2) is 11.6 Å². The number of aliphatic hydroxyl groups excluding tert-OH is 1. The third kappa shape index (κ3) is 4.75. The number of amides is 1. The van der Waals surface area contributed by atoms with Gasteiger partial charge in [0.2, 0.25) is 5.95 Å². The van der Waals surface area contributed by atoms with Gasteiger partial charge in [0, 0.05) is 49.7 Å². The zero-order valence-corrected chi connectivity index (χ0v) is 20.3. The molecule has 6 heterocycles.